The van der Waals surface area contributed by atoms with Gasteiger partial charge in [-0.2, -0.15) is 0 Å². The van der Waals surface area contributed by atoms with Crippen LogP contribution in [-0.4, -0.2) is 30.4 Å². The molecule has 5 heteroatoms. The highest BCUT2D eigenvalue weighted by molar-refractivity contribution is 5.94. The molecule has 0 spiro atoms. The van der Waals surface area contributed by atoms with Crippen LogP contribution in [-0.2, 0) is 6.61 Å². The monoisotopic (exact) mass is 334 g/mol. The maximum absolute atomic E-state index is 12.3. The van der Waals surface area contributed by atoms with Gasteiger partial charge in [-0.1, -0.05) is 30.3 Å². The third kappa shape index (κ3) is 5.27. The number of benzene rings is 2. The highest BCUT2D eigenvalue weighted by Crippen LogP contribution is 2.15. The number of halogens is 1. The lowest BCUT2D eigenvalue weighted by Crippen LogP contribution is -2.39. The molecule has 0 fully saturated rings. The summed E-state index contributed by atoms with van der Waals surface area (Å²) in [5.74, 6) is 0.711. The molecular formula is C18H23ClN2O2. The van der Waals surface area contributed by atoms with Gasteiger partial charge < -0.3 is 15.4 Å². The van der Waals surface area contributed by atoms with Crippen LogP contribution in [0.5, 0.6) is 5.75 Å². The van der Waals surface area contributed by atoms with Gasteiger partial charge in [-0.05, 0) is 36.8 Å². The molecule has 124 valence electrons. The molecule has 0 bridgehead atoms. The SMILES string of the molecule is CC(CN)N(C)C(=O)c1ccc(OCc2ccccc2)cc1.Cl. The van der Waals surface area contributed by atoms with Crippen molar-refractivity contribution in [2.45, 2.75) is 19.6 Å². The third-order valence-corrected chi connectivity index (χ3v) is 3.67. The Kier molecular flexibility index (Phi) is 7.59. The number of rotatable bonds is 6. The molecule has 0 aliphatic heterocycles. The van der Waals surface area contributed by atoms with Gasteiger partial charge in [-0.25, -0.2) is 0 Å². The molecule has 0 aliphatic rings. The van der Waals surface area contributed by atoms with E-state index in [1.54, 1.807) is 24.1 Å². The maximum atomic E-state index is 12.3. The van der Waals surface area contributed by atoms with Crippen LogP contribution >= 0.6 is 12.4 Å². The quantitative estimate of drug-likeness (QED) is 0.883. The van der Waals surface area contributed by atoms with Crippen LogP contribution in [0, 0.1) is 0 Å². The molecular weight excluding hydrogens is 312 g/mol. The first-order valence-electron chi connectivity index (χ1n) is 7.36. The van der Waals surface area contributed by atoms with Crippen LogP contribution in [0.3, 0.4) is 0 Å². The summed E-state index contributed by atoms with van der Waals surface area (Å²) in [6.07, 6.45) is 0. The van der Waals surface area contributed by atoms with E-state index in [0.717, 1.165) is 11.3 Å². The van der Waals surface area contributed by atoms with Crippen molar-refractivity contribution in [2.24, 2.45) is 5.73 Å². The summed E-state index contributed by atoms with van der Waals surface area (Å²) in [6.45, 7) is 2.88. The van der Waals surface area contributed by atoms with E-state index < -0.39 is 0 Å². The van der Waals surface area contributed by atoms with E-state index in [1.165, 1.54) is 0 Å². The van der Waals surface area contributed by atoms with Crippen molar-refractivity contribution in [1.29, 1.82) is 0 Å². The van der Waals surface area contributed by atoms with Crippen molar-refractivity contribution in [3.8, 4) is 5.75 Å². The zero-order valence-electron chi connectivity index (χ0n) is 13.4. The Bertz CT molecular complexity index is 602. The Labute approximate surface area is 143 Å². The Balaban J connectivity index is 0.00000264. The second-order valence-corrected chi connectivity index (χ2v) is 5.30. The van der Waals surface area contributed by atoms with Gasteiger partial charge in [0.2, 0.25) is 0 Å². The van der Waals surface area contributed by atoms with E-state index in [1.807, 2.05) is 49.4 Å². The summed E-state index contributed by atoms with van der Waals surface area (Å²) in [5, 5.41) is 0. The van der Waals surface area contributed by atoms with Crippen LogP contribution < -0.4 is 10.5 Å². The smallest absolute Gasteiger partial charge is 0.253 e. The van der Waals surface area contributed by atoms with E-state index in [0.29, 0.717) is 18.7 Å². The molecule has 0 saturated carbocycles. The fourth-order valence-corrected chi connectivity index (χ4v) is 2.00. The number of likely N-dealkylation sites (N-methyl/N-ethyl adjacent to an activating group) is 1. The summed E-state index contributed by atoms with van der Waals surface area (Å²) >= 11 is 0. The number of amides is 1. The molecule has 0 aliphatic carbocycles. The second kappa shape index (κ2) is 9.18. The molecule has 4 nitrogen and oxygen atoms in total. The number of hydrogen-bond acceptors (Lipinski definition) is 3. The molecule has 1 unspecified atom stereocenters. The van der Waals surface area contributed by atoms with Crippen molar-refractivity contribution in [3.05, 3.63) is 65.7 Å². The van der Waals surface area contributed by atoms with Gasteiger partial charge in [-0.3, -0.25) is 4.79 Å². The number of carbonyl (C=O) groups is 1. The van der Waals surface area contributed by atoms with E-state index in [9.17, 15) is 4.79 Å². The highest BCUT2D eigenvalue weighted by atomic mass is 35.5. The highest BCUT2D eigenvalue weighted by Gasteiger charge is 2.16. The first kappa shape index (κ1) is 19.0. The summed E-state index contributed by atoms with van der Waals surface area (Å²) in [5.41, 5.74) is 7.34. The van der Waals surface area contributed by atoms with Gasteiger partial charge in [0.25, 0.3) is 5.91 Å². The van der Waals surface area contributed by atoms with E-state index in [4.69, 9.17) is 10.5 Å². The molecule has 2 N–H and O–H groups in total. The fraction of sp³-hybridized carbons (Fsp3) is 0.278. The van der Waals surface area contributed by atoms with Crippen molar-refractivity contribution in [3.63, 3.8) is 0 Å². The summed E-state index contributed by atoms with van der Waals surface area (Å²) < 4.78 is 5.71. The number of hydrogen-bond donors (Lipinski definition) is 1. The minimum atomic E-state index is -0.0347. The van der Waals surface area contributed by atoms with E-state index in [-0.39, 0.29) is 24.4 Å². The molecule has 2 aromatic carbocycles. The molecule has 1 atom stereocenters. The van der Waals surface area contributed by atoms with Gasteiger partial charge in [0.05, 0.1) is 0 Å². The first-order chi connectivity index (χ1) is 10.6. The van der Waals surface area contributed by atoms with Crippen LogP contribution in [0.1, 0.15) is 22.8 Å². The summed E-state index contributed by atoms with van der Waals surface area (Å²) in [6, 6.07) is 17.2. The molecule has 0 heterocycles. The number of nitrogens with two attached hydrogens (primary N) is 1. The standard InChI is InChI=1S/C18H22N2O2.ClH/c1-14(12-19)20(2)18(21)16-8-10-17(11-9-16)22-13-15-6-4-3-5-7-15;/h3-11,14H,12-13,19H2,1-2H3;1H. The third-order valence-electron chi connectivity index (χ3n) is 3.67. The maximum Gasteiger partial charge on any atom is 0.253 e. The van der Waals surface area contributed by atoms with E-state index in [2.05, 4.69) is 0 Å². The lowest BCUT2D eigenvalue weighted by molar-refractivity contribution is 0.0748. The minimum absolute atomic E-state index is 0. The van der Waals surface area contributed by atoms with Gasteiger partial charge in [0.1, 0.15) is 12.4 Å². The molecule has 2 rings (SSSR count). The van der Waals surface area contributed by atoms with Crippen molar-refractivity contribution in [2.75, 3.05) is 13.6 Å². The molecule has 23 heavy (non-hydrogen) atoms. The number of nitrogens with zero attached hydrogens (tertiary/aromatic N) is 1. The lowest BCUT2D eigenvalue weighted by Gasteiger charge is -2.23. The number of carbonyl (C=O) groups excluding carboxylic acids is 1. The zero-order chi connectivity index (χ0) is 15.9. The second-order valence-electron chi connectivity index (χ2n) is 5.30. The average molecular weight is 335 g/mol. The fourth-order valence-electron chi connectivity index (χ4n) is 2.00. The predicted molar refractivity (Wildman–Crippen MR) is 95.1 cm³/mol. The van der Waals surface area contributed by atoms with Gasteiger partial charge in [0.15, 0.2) is 0 Å². The average Bonchev–Trinajstić information content (AvgIpc) is 2.59. The van der Waals surface area contributed by atoms with E-state index >= 15 is 0 Å². The largest absolute Gasteiger partial charge is 0.489 e. The lowest BCUT2D eigenvalue weighted by atomic mass is 10.1. The van der Waals surface area contributed by atoms with Crippen LogP contribution in [0.2, 0.25) is 0 Å². The topological polar surface area (TPSA) is 55.6 Å². The van der Waals surface area contributed by atoms with Crippen LogP contribution in [0.4, 0.5) is 0 Å². The summed E-state index contributed by atoms with van der Waals surface area (Å²) in [4.78, 5) is 13.9. The number of ether oxygens (including phenoxy) is 1. The Morgan fingerprint density at radius 2 is 1.74 bits per heavy atom. The van der Waals surface area contributed by atoms with Gasteiger partial charge in [-0.15, -0.1) is 12.4 Å². The Morgan fingerprint density at radius 3 is 2.30 bits per heavy atom. The normalized spacial score (nSPS) is 11.3. The molecule has 2 aromatic rings. The summed E-state index contributed by atoms with van der Waals surface area (Å²) in [7, 11) is 1.76. The van der Waals surface area contributed by atoms with Crippen LogP contribution in [0.15, 0.2) is 54.6 Å². The van der Waals surface area contributed by atoms with Gasteiger partial charge >= 0.3 is 0 Å². The minimum Gasteiger partial charge on any atom is -0.489 e. The predicted octanol–water partition coefficient (Wildman–Crippen LogP) is 3.11. The Morgan fingerprint density at radius 1 is 1.13 bits per heavy atom. The molecule has 0 radical (unpaired) electrons. The first-order valence-corrected chi connectivity index (χ1v) is 7.36. The van der Waals surface area contributed by atoms with Crippen molar-refractivity contribution in [1.82, 2.24) is 4.90 Å². The van der Waals surface area contributed by atoms with Crippen molar-refractivity contribution < 1.29 is 9.53 Å². The van der Waals surface area contributed by atoms with Crippen LogP contribution in [0.25, 0.3) is 0 Å². The molecule has 1 amide bonds. The molecule has 0 saturated heterocycles. The van der Waals surface area contributed by atoms with Gasteiger partial charge in [0, 0.05) is 25.2 Å². The van der Waals surface area contributed by atoms with Crippen molar-refractivity contribution >= 4 is 18.3 Å². The Hall–Kier alpha value is -2.04. The zero-order valence-corrected chi connectivity index (χ0v) is 14.3. The molecule has 0 aromatic heterocycles.